The van der Waals surface area contributed by atoms with Crippen molar-refractivity contribution in [3.63, 3.8) is 0 Å². The number of amides is 2. The SMILES string of the molecule is Cc1ccc(NC(=O)N2CCC3(CCO3)CC2)c(Cl)c1. The molecule has 2 amide bonds. The quantitative estimate of drug-likeness (QED) is 0.862. The van der Waals surface area contributed by atoms with Gasteiger partial charge in [-0.25, -0.2) is 4.79 Å². The van der Waals surface area contributed by atoms with E-state index >= 15 is 0 Å². The van der Waals surface area contributed by atoms with Crippen molar-refractivity contribution in [1.82, 2.24) is 4.90 Å². The standard InChI is InChI=1S/C15H19ClN2O2/c1-11-2-3-13(12(16)10-11)17-14(19)18-7-4-15(5-8-18)6-9-20-15/h2-3,10H,4-9H2,1H3,(H,17,19). The number of urea groups is 1. The largest absolute Gasteiger partial charge is 0.375 e. The van der Waals surface area contributed by atoms with Crippen LogP contribution in [0.1, 0.15) is 24.8 Å². The minimum Gasteiger partial charge on any atom is -0.375 e. The van der Waals surface area contributed by atoms with Gasteiger partial charge in [0.05, 0.1) is 22.9 Å². The van der Waals surface area contributed by atoms with Crippen LogP contribution in [-0.4, -0.2) is 36.2 Å². The van der Waals surface area contributed by atoms with Gasteiger partial charge in [0, 0.05) is 13.1 Å². The molecule has 0 aliphatic carbocycles. The first-order valence-corrected chi connectivity index (χ1v) is 7.42. The molecule has 0 unspecified atom stereocenters. The molecule has 108 valence electrons. The monoisotopic (exact) mass is 294 g/mol. The molecule has 1 aromatic carbocycles. The number of hydrogen-bond acceptors (Lipinski definition) is 2. The van der Waals surface area contributed by atoms with Crippen LogP contribution >= 0.6 is 11.6 Å². The van der Waals surface area contributed by atoms with E-state index in [4.69, 9.17) is 16.3 Å². The van der Waals surface area contributed by atoms with Crippen LogP contribution in [0.2, 0.25) is 5.02 Å². The van der Waals surface area contributed by atoms with Crippen LogP contribution in [0.5, 0.6) is 0 Å². The predicted molar refractivity (Wildman–Crippen MR) is 79.3 cm³/mol. The molecule has 1 aromatic rings. The van der Waals surface area contributed by atoms with E-state index in [0.717, 1.165) is 44.5 Å². The molecule has 3 rings (SSSR count). The van der Waals surface area contributed by atoms with Crippen molar-refractivity contribution in [3.05, 3.63) is 28.8 Å². The smallest absolute Gasteiger partial charge is 0.321 e. The predicted octanol–water partition coefficient (Wildman–Crippen LogP) is 3.44. The van der Waals surface area contributed by atoms with Gasteiger partial charge < -0.3 is 15.0 Å². The second-order valence-electron chi connectivity index (χ2n) is 5.68. The van der Waals surface area contributed by atoms with Gasteiger partial charge in [-0.2, -0.15) is 0 Å². The second kappa shape index (κ2) is 5.26. The number of carbonyl (C=O) groups excluding carboxylic acids is 1. The number of hydrogen-bond donors (Lipinski definition) is 1. The molecule has 2 fully saturated rings. The maximum Gasteiger partial charge on any atom is 0.321 e. The van der Waals surface area contributed by atoms with E-state index in [-0.39, 0.29) is 11.6 Å². The summed E-state index contributed by atoms with van der Waals surface area (Å²) in [6.45, 7) is 4.33. The zero-order chi connectivity index (χ0) is 14.2. The number of carbonyl (C=O) groups is 1. The Bertz CT molecular complexity index is 519. The lowest BCUT2D eigenvalue weighted by molar-refractivity contribution is -0.168. The van der Waals surface area contributed by atoms with Crippen LogP contribution in [0.4, 0.5) is 10.5 Å². The summed E-state index contributed by atoms with van der Waals surface area (Å²) in [5.74, 6) is 0. The summed E-state index contributed by atoms with van der Waals surface area (Å²) in [4.78, 5) is 14.1. The first kappa shape index (κ1) is 13.7. The molecular formula is C15H19ClN2O2. The maximum absolute atomic E-state index is 12.2. The fraction of sp³-hybridized carbons (Fsp3) is 0.533. The Morgan fingerprint density at radius 1 is 1.35 bits per heavy atom. The van der Waals surface area contributed by atoms with Gasteiger partial charge in [-0.1, -0.05) is 17.7 Å². The topological polar surface area (TPSA) is 41.6 Å². The number of benzene rings is 1. The minimum atomic E-state index is -0.0788. The van der Waals surface area contributed by atoms with Crippen LogP contribution < -0.4 is 5.32 Å². The molecule has 0 aromatic heterocycles. The van der Waals surface area contributed by atoms with Gasteiger partial charge in [-0.05, 0) is 43.9 Å². The van der Waals surface area contributed by atoms with Gasteiger partial charge in [-0.3, -0.25) is 0 Å². The van der Waals surface area contributed by atoms with Crippen LogP contribution in [0.15, 0.2) is 18.2 Å². The lowest BCUT2D eigenvalue weighted by atomic mass is 9.84. The van der Waals surface area contributed by atoms with Crippen molar-refractivity contribution in [1.29, 1.82) is 0 Å². The summed E-state index contributed by atoms with van der Waals surface area (Å²) in [6, 6.07) is 5.56. The zero-order valence-corrected chi connectivity index (χ0v) is 12.4. The number of nitrogens with one attached hydrogen (secondary N) is 1. The van der Waals surface area contributed by atoms with Gasteiger partial charge in [-0.15, -0.1) is 0 Å². The number of likely N-dealkylation sites (tertiary alicyclic amines) is 1. The van der Waals surface area contributed by atoms with Gasteiger partial charge in [0.1, 0.15) is 0 Å². The second-order valence-corrected chi connectivity index (χ2v) is 6.09. The highest BCUT2D eigenvalue weighted by molar-refractivity contribution is 6.33. The molecule has 5 heteroatoms. The minimum absolute atomic E-state index is 0.0677. The summed E-state index contributed by atoms with van der Waals surface area (Å²) in [5, 5.41) is 3.46. The highest BCUT2D eigenvalue weighted by Crippen LogP contribution is 2.36. The number of nitrogens with zero attached hydrogens (tertiary/aromatic N) is 1. The van der Waals surface area contributed by atoms with E-state index in [9.17, 15) is 4.79 Å². The third-order valence-electron chi connectivity index (χ3n) is 4.29. The number of rotatable bonds is 1. The fourth-order valence-electron chi connectivity index (χ4n) is 2.82. The molecule has 2 heterocycles. The van der Waals surface area contributed by atoms with Crippen molar-refractivity contribution >= 4 is 23.3 Å². The maximum atomic E-state index is 12.2. The van der Waals surface area contributed by atoms with Crippen molar-refractivity contribution in [2.24, 2.45) is 0 Å². The third kappa shape index (κ3) is 2.63. The van der Waals surface area contributed by atoms with E-state index in [0.29, 0.717) is 10.7 Å². The van der Waals surface area contributed by atoms with Crippen LogP contribution in [0.3, 0.4) is 0 Å². The van der Waals surface area contributed by atoms with Gasteiger partial charge in [0.15, 0.2) is 0 Å². The third-order valence-corrected chi connectivity index (χ3v) is 4.61. The lowest BCUT2D eigenvalue weighted by Gasteiger charge is -2.47. The van der Waals surface area contributed by atoms with Crippen molar-refractivity contribution < 1.29 is 9.53 Å². The van der Waals surface area contributed by atoms with Crippen molar-refractivity contribution in [3.8, 4) is 0 Å². The van der Waals surface area contributed by atoms with Crippen molar-refractivity contribution in [2.45, 2.75) is 31.8 Å². The molecule has 1 N–H and O–H groups in total. The molecule has 0 bridgehead atoms. The molecule has 4 nitrogen and oxygen atoms in total. The number of ether oxygens (including phenoxy) is 1. The van der Waals surface area contributed by atoms with Gasteiger partial charge >= 0.3 is 6.03 Å². The summed E-state index contributed by atoms with van der Waals surface area (Å²) in [6.07, 6.45) is 3.00. The summed E-state index contributed by atoms with van der Waals surface area (Å²) >= 11 is 6.14. The van der Waals surface area contributed by atoms with E-state index in [1.54, 1.807) is 0 Å². The Morgan fingerprint density at radius 3 is 2.60 bits per heavy atom. The Labute approximate surface area is 124 Å². The molecular weight excluding hydrogens is 276 g/mol. The summed E-state index contributed by atoms with van der Waals surface area (Å²) in [5.41, 5.74) is 1.82. The number of anilines is 1. The first-order valence-electron chi connectivity index (χ1n) is 7.04. The Morgan fingerprint density at radius 2 is 2.05 bits per heavy atom. The molecule has 0 saturated carbocycles. The first-order chi connectivity index (χ1) is 9.58. The Balaban J connectivity index is 1.59. The normalized spacial score (nSPS) is 20.6. The van der Waals surface area contributed by atoms with Crippen molar-refractivity contribution in [2.75, 3.05) is 25.0 Å². The molecule has 0 radical (unpaired) electrons. The van der Waals surface area contributed by atoms with Gasteiger partial charge in [0.2, 0.25) is 0 Å². The van der Waals surface area contributed by atoms with Crippen LogP contribution in [0.25, 0.3) is 0 Å². The Hall–Kier alpha value is -1.26. The summed E-state index contributed by atoms with van der Waals surface area (Å²) in [7, 11) is 0. The zero-order valence-electron chi connectivity index (χ0n) is 11.6. The average molecular weight is 295 g/mol. The molecule has 0 atom stereocenters. The van der Waals surface area contributed by atoms with Gasteiger partial charge in [0.25, 0.3) is 0 Å². The number of piperidine rings is 1. The molecule has 2 aliphatic heterocycles. The lowest BCUT2D eigenvalue weighted by Crippen LogP contribution is -2.54. The highest BCUT2D eigenvalue weighted by Gasteiger charge is 2.41. The Kier molecular flexibility index (Phi) is 3.61. The number of aryl methyl sites for hydroxylation is 1. The molecule has 2 saturated heterocycles. The average Bonchev–Trinajstić information content (AvgIpc) is 2.40. The highest BCUT2D eigenvalue weighted by atomic mass is 35.5. The fourth-order valence-corrected chi connectivity index (χ4v) is 3.10. The molecule has 1 spiro atoms. The van der Waals surface area contributed by atoms with Crippen LogP contribution in [-0.2, 0) is 4.74 Å². The van der Waals surface area contributed by atoms with E-state index < -0.39 is 0 Å². The number of halogens is 1. The molecule has 2 aliphatic rings. The van der Waals surface area contributed by atoms with E-state index in [1.165, 1.54) is 0 Å². The van der Waals surface area contributed by atoms with Crippen LogP contribution in [0, 0.1) is 6.92 Å². The summed E-state index contributed by atoms with van der Waals surface area (Å²) < 4.78 is 5.66. The molecule has 20 heavy (non-hydrogen) atoms. The van der Waals surface area contributed by atoms with E-state index in [2.05, 4.69) is 5.32 Å². The van der Waals surface area contributed by atoms with E-state index in [1.807, 2.05) is 30.0 Å².